The normalized spacial score (nSPS) is 9.67. The highest BCUT2D eigenvalue weighted by Gasteiger charge is 1.93. The second-order valence-corrected chi connectivity index (χ2v) is 3.32. The van der Waals surface area contributed by atoms with Gasteiger partial charge in [0.15, 0.2) is 5.96 Å². The summed E-state index contributed by atoms with van der Waals surface area (Å²) in [5.41, 5.74) is 10.3. The minimum atomic E-state index is 0.161. The highest BCUT2D eigenvalue weighted by molar-refractivity contribution is 7.09. The Morgan fingerprint density at radius 3 is 3.00 bits per heavy atom. The van der Waals surface area contributed by atoms with Crippen LogP contribution in [0.3, 0.4) is 0 Å². The molecule has 0 aliphatic heterocycles. The zero-order valence-electron chi connectivity index (χ0n) is 6.73. The molecule has 0 aliphatic carbocycles. The summed E-state index contributed by atoms with van der Waals surface area (Å²) in [7, 11) is 0. The molecule has 0 fully saturated rings. The third-order valence-electron chi connectivity index (χ3n) is 1.33. The van der Waals surface area contributed by atoms with Crippen LogP contribution in [0.2, 0.25) is 0 Å². The minimum absolute atomic E-state index is 0.161. The number of nitrogens with two attached hydrogens (primary N) is 2. The molecule has 0 aliphatic rings. The van der Waals surface area contributed by atoms with E-state index >= 15 is 0 Å². The Labute approximate surface area is 75.3 Å². The van der Waals surface area contributed by atoms with Gasteiger partial charge in [-0.15, -0.1) is 11.3 Å². The van der Waals surface area contributed by atoms with Crippen LogP contribution in [0.25, 0.3) is 0 Å². The number of rotatable bonds is 4. The fraction of sp³-hybridized carbons (Fsp3) is 0.429. The molecule has 1 aromatic heterocycles. The second-order valence-electron chi connectivity index (χ2n) is 2.34. The van der Waals surface area contributed by atoms with Gasteiger partial charge in [-0.1, -0.05) is 0 Å². The smallest absolute Gasteiger partial charge is 0.185 e. The van der Waals surface area contributed by atoms with Crippen LogP contribution >= 0.6 is 11.3 Å². The summed E-state index contributed by atoms with van der Waals surface area (Å²) in [4.78, 5) is 8.01. The molecule has 12 heavy (non-hydrogen) atoms. The Morgan fingerprint density at radius 1 is 1.58 bits per heavy atom. The van der Waals surface area contributed by atoms with Crippen molar-refractivity contribution in [1.82, 2.24) is 4.98 Å². The average molecular weight is 184 g/mol. The fourth-order valence-corrected chi connectivity index (χ4v) is 1.48. The summed E-state index contributed by atoms with van der Waals surface area (Å²) >= 11 is 1.66. The van der Waals surface area contributed by atoms with E-state index in [0.29, 0.717) is 6.54 Å². The Balaban J connectivity index is 2.16. The van der Waals surface area contributed by atoms with Gasteiger partial charge in [-0.05, 0) is 6.42 Å². The van der Waals surface area contributed by atoms with Crippen molar-refractivity contribution in [2.24, 2.45) is 16.5 Å². The summed E-state index contributed by atoms with van der Waals surface area (Å²) < 4.78 is 0. The molecular weight excluding hydrogens is 172 g/mol. The highest BCUT2D eigenvalue weighted by Crippen LogP contribution is 2.06. The van der Waals surface area contributed by atoms with E-state index in [4.69, 9.17) is 11.5 Å². The van der Waals surface area contributed by atoms with E-state index in [2.05, 4.69) is 9.98 Å². The van der Waals surface area contributed by atoms with Gasteiger partial charge in [0.25, 0.3) is 0 Å². The highest BCUT2D eigenvalue weighted by atomic mass is 32.1. The summed E-state index contributed by atoms with van der Waals surface area (Å²) in [5, 5.41) is 3.11. The molecule has 0 saturated carbocycles. The van der Waals surface area contributed by atoms with Gasteiger partial charge in [-0.3, -0.25) is 4.99 Å². The third kappa shape index (κ3) is 3.34. The van der Waals surface area contributed by atoms with Crippen molar-refractivity contribution >= 4 is 17.3 Å². The van der Waals surface area contributed by atoms with Crippen LogP contribution in [0.4, 0.5) is 0 Å². The molecule has 0 atom stereocenters. The molecule has 1 rings (SSSR count). The van der Waals surface area contributed by atoms with Crippen molar-refractivity contribution in [3.8, 4) is 0 Å². The maximum absolute atomic E-state index is 5.17. The standard InChI is InChI=1S/C7H12N4S/c8-7(9)11-3-1-2-6-10-4-5-12-6/h4-5H,1-3H2,(H4,8,9,11). The summed E-state index contributed by atoms with van der Waals surface area (Å²) in [5.74, 6) is 0.161. The average Bonchev–Trinajstić information content (AvgIpc) is 2.49. The first-order valence-electron chi connectivity index (χ1n) is 3.73. The Kier molecular flexibility index (Phi) is 3.53. The van der Waals surface area contributed by atoms with Crippen LogP contribution in [-0.4, -0.2) is 17.5 Å². The van der Waals surface area contributed by atoms with Gasteiger partial charge in [0.2, 0.25) is 0 Å². The van der Waals surface area contributed by atoms with E-state index in [-0.39, 0.29) is 5.96 Å². The molecule has 1 aromatic rings. The first-order valence-corrected chi connectivity index (χ1v) is 4.61. The number of hydrogen-bond donors (Lipinski definition) is 2. The first-order chi connectivity index (χ1) is 5.79. The second kappa shape index (κ2) is 4.71. The monoisotopic (exact) mass is 184 g/mol. The number of aryl methyl sites for hydroxylation is 1. The van der Waals surface area contributed by atoms with E-state index in [0.717, 1.165) is 17.8 Å². The first kappa shape index (κ1) is 8.99. The zero-order valence-corrected chi connectivity index (χ0v) is 7.55. The number of aliphatic imine (C=N–C) groups is 1. The van der Waals surface area contributed by atoms with Crippen LogP contribution in [0.15, 0.2) is 16.6 Å². The molecule has 0 radical (unpaired) electrons. The Hall–Kier alpha value is -1.10. The van der Waals surface area contributed by atoms with Crippen LogP contribution in [0, 0.1) is 0 Å². The van der Waals surface area contributed by atoms with Gasteiger partial charge in [0.05, 0.1) is 5.01 Å². The lowest BCUT2D eigenvalue weighted by atomic mass is 10.3. The van der Waals surface area contributed by atoms with Crippen molar-refractivity contribution < 1.29 is 0 Å². The van der Waals surface area contributed by atoms with Crippen molar-refractivity contribution in [2.75, 3.05) is 6.54 Å². The summed E-state index contributed by atoms with van der Waals surface area (Å²) in [6.45, 7) is 0.682. The topological polar surface area (TPSA) is 77.3 Å². The predicted octanol–water partition coefficient (Wildman–Crippen LogP) is 0.349. The SMILES string of the molecule is NC(N)=NCCCc1nccs1. The molecule has 4 nitrogen and oxygen atoms in total. The van der Waals surface area contributed by atoms with E-state index in [1.54, 1.807) is 17.5 Å². The van der Waals surface area contributed by atoms with Crippen molar-refractivity contribution in [2.45, 2.75) is 12.8 Å². The lowest BCUT2D eigenvalue weighted by molar-refractivity contribution is 0.825. The van der Waals surface area contributed by atoms with Gasteiger partial charge in [-0.25, -0.2) is 4.98 Å². The van der Waals surface area contributed by atoms with Crippen LogP contribution < -0.4 is 11.5 Å². The Bertz CT molecular complexity index is 238. The molecule has 5 heteroatoms. The van der Waals surface area contributed by atoms with E-state index in [9.17, 15) is 0 Å². The molecule has 0 unspecified atom stereocenters. The van der Waals surface area contributed by atoms with Crippen LogP contribution in [0.5, 0.6) is 0 Å². The number of guanidine groups is 1. The third-order valence-corrected chi connectivity index (χ3v) is 2.17. The molecule has 0 bridgehead atoms. The largest absolute Gasteiger partial charge is 0.370 e. The molecular formula is C7H12N4S. The van der Waals surface area contributed by atoms with E-state index in [1.807, 2.05) is 5.38 Å². The summed E-state index contributed by atoms with van der Waals surface area (Å²) in [6, 6.07) is 0. The van der Waals surface area contributed by atoms with E-state index in [1.165, 1.54) is 0 Å². The fourth-order valence-electron chi connectivity index (χ4n) is 0.815. The van der Waals surface area contributed by atoms with Gasteiger partial charge < -0.3 is 11.5 Å². The molecule has 0 aromatic carbocycles. The number of thiazole rings is 1. The lowest BCUT2D eigenvalue weighted by Gasteiger charge is -1.93. The van der Waals surface area contributed by atoms with Gasteiger partial charge in [0, 0.05) is 24.5 Å². The molecule has 1 heterocycles. The zero-order chi connectivity index (χ0) is 8.81. The number of aromatic nitrogens is 1. The molecule has 0 spiro atoms. The molecule has 0 saturated heterocycles. The van der Waals surface area contributed by atoms with Crippen LogP contribution in [0.1, 0.15) is 11.4 Å². The van der Waals surface area contributed by atoms with Gasteiger partial charge >= 0.3 is 0 Å². The lowest BCUT2D eigenvalue weighted by Crippen LogP contribution is -2.23. The Morgan fingerprint density at radius 2 is 2.42 bits per heavy atom. The number of hydrogen-bond acceptors (Lipinski definition) is 3. The van der Waals surface area contributed by atoms with Crippen LogP contribution in [-0.2, 0) is 6.42 Å². The van der Waals surface area contributed by atoms with Gasteiger partial charge in [-0.2, -0.15) is 0 Å². The van der Waals surface area contributed by atoms with Crippen molar-refractivity contribution in [3.05, 3.63) is 16.6 Å². The maximum atomic E-state index is 5.17. The minimum Gasteiger partial charge on any atom is -0.370 e. The van der Waals surface area contributed by atoms with E-state index < -0.39 is 0 Å². The number of nitrogens with zero attached hydrogens (tertiary/aromatic N) is 2. The van der Waals surface area contributed by atoms with Gasteiger partial charge in [0.1, 0.15) is 0 Å². The molecule has 4 N–H and O–H groups in total. The molecule has 0 amide bonds. The maximum Gasteiger partial charge on any atom is 0.185 e. The van der Waals surface area contributed by atoms with Crippen molar-refractivity contribution in [3.63, 3.8) is 0 Å². The summed E-state index contributed by atoms with van der Waals surface area (Å²) in [6.07, 6.45) is 3.71. The quantitative estimate of drug-likeness (QED) is 0.402. The predicted molar refractivity (Wildman–Crippen MR) is 51.1 cm³/mol. The molecule has 66 valence electrons. The van der Waals surface area contributed by atoms with Crippen molar-refractivity contribution in [1.29, 1.82) is 0 Å².